The summed E-state index contributed by atoms with van der Waals surface area (Å²) >= 11 is 0. The van der Waals surface area contributed by atoms with Crippen molar-refractivity contribution in [2.24, 2.45) is 0 Å². The lowest BCUT2D eigenvalue weighted by molar-refractivity contribution is -0.118. The summed E-state index contributed by atoms with van der Waals surface area (Å²) in [5.41, 5.74) is 3.78. The molecule has 32 heavy (non-hydrogen) atoms. The molecule has 4 aromatic rings. The molecule has 2 aromatic carbocycles. The lowest BCUT2D eigenvalue weighted by Crippen LogP contribution is -2.27. The van der Waals surface area contributed by atoms with Crippen LogP contribution in [0.25, 0.3) is 22.5 Å². The zero-order valence-corrected chi connectivity index (χ0v) is 17.6. The lowest BCUT2D eigenvalue weighted by Gasteiger charge is -2.17. The summed E-state index contributed by atoms with van der Waals surface area (Å²) in [5.74, 6) is 1.00. The minimum absolute atomic E-state index is 0.00162. The highest BCUT2D eigenvalue weighted by atomic mass is 16.5. The number of anilines is 1. The van der Waals surface area contributed by atoms with Gasteiger partial charge >= 0.3 is 0 Å². The van der Waals surface area contributed by atoms with Gasteiger partial charge in [0.05, 0.1) is 12.0 Å². The third-order valence-corrected chi connectivity index (χ3v) is 5.71. The maximum Gasteiger partial charge on any atom is 0.235 e. The van der Waals surface area contributed by atoms with E-state index in [2.05, 4.69) is 30.9 Å². The molecule has 0 radical (unpaired) electrons. The molecule has 1 amide bonds. The van der Waals surface area contributed by atoms with E-state index in [-0.39, 0.29) is 5.91 Å². The van der Waals surface area contributed by atoms with Crippen molar-refractivity contribution in [3.05, 3.63) is 72.4 Å². The number of carbonyl (C=O) groups is 1. The second-order valence-electron chi connectivity index (χ2n) is 7.72. The van der Waals surface area contributed by atoms with Crippen LogP contribution in [0, 0.1) is 0 Å². The smallest absolute Gasteiger partial charge is 0.235 e. The molecule has 5 rings (SSSR count). The third kappa shape index (κ3) is 3.71. The Bertz CT molecular complexity index is 1220. The van der Waals surface area contributed by atoms with E-state index in [1.165, 1.54) is 0 Å². The molecule has 1 aliphatic carbocycles. The first kappa shape index (κ1) is 19.9. The summed E-state index contributed by atoms with van der Waals surface area (Å²) in [5, 5.41) is 17.6. The van der Waals surface area contributed by atoms with Gasteiger partial charge in [0.1, 0.15) is 0 Å². The summed E-state index contributed by atoms with van der Waals surface area (Å²) in [7, 11) is 0. The molecule has 0 atom stereocenters. The molecule has 1 saturated carbocycles. The summed E-state index contributed by atoms with van der Waals surface area (Å²) in [6.07, 6.45) is 3.43. The van der Waals surface area contributed by atoms with E-state index in [1.54, 1.807) is 6.20 Å². The molecule has 1 aliphatic rings. The standard InChI is InChI=1S/C24H22N6O2/c1-2-32-21-11-8-16(15-25-21)19-10-9-18(14-20(19)22-27-29-30-28-22)26-23(31)24(12-13-24)17-6-4-3-5-7-17/h3-11,14-15H,2,12-13H2,1H3,(H,26,31)(H,27,28,29,30). The van der Waals surface area contributed by atoms with Crippen LogP contribution in [0.3, 0.4) is 0 Å². The summed E-state index contributed by atoms with van der Waals surface area (Å²) in [6, 6.07) is 19.4. The number of nitrogens with zero attached hydrogens (tertiary/aromatic N) is 4. The Morgan fingerprint density at radius 1 is 1.09 bits per heavy atom. The highest BCUT2D eigenvalue weighted by Gasteiger charge is 2.51. The Labute approximate surface area is 185 Å². The molecule has 0 spiro atoms. The predicted molar refractivity (Wildman–Crippen MR) is 120 cm³/mol. The average molecular weight is 426 g/mol. The van der Waals surface area contributed by atoms with Crippen LogP contribution in [-0.2, 0) is 10.2 Å². The lowest BCUT2D eigenvalue weighted by atomic mass is 9.94. The molecular formula is C24H22N6O2. The molecular weight excluding hydrogens is 404 g/mol. The molecule has 8 nitrogen and oxygen atoms in total. The fourth-order valence-electron chi connectivity index (χ4n) is 3.89. The van der Waals surface area contributed by atoms with E-state index in [0.717, 1.165) is 35.1 Å². The monoisotopic (exact) mass is 426 g/mol. The van der Waals surface area contributed by atoms with Crippen molar-refractivity contribution in [3.8, 4) is 28.4 Å². The number of pyridine rings is 1. The number of amides is 1. The first-order chi connectivity index (χ1) is 15.7. The fourth-order valence-corrected chi connectivity index (χ4v) is 3.89. The van der Waals surface area contributed by atoms with Crippen molar-refractivity contribution in [3.63, 3.8) is 0 Å². The first-order valence-corrected chi connectivity index (χ1v) is 10.5. The van der Waals surface area contributed by atoms with Gasteiger partial charge in [-0.25, -0.2) is 4.98 Å². The average Bonchev–Trinajstić information content (AvgIpc) is 3.47. The van der Waals surface area contributed by atoms with Gasteiger partial charge in [0, 0.05) is 29.1 Å². The van der Waals surface area contributed by atoms with Crippen LogP contribution in [0.1, 0.15) is 25.3 Å². The Balaban J connectivity index is 1.46. The van der Waals surface area contributed by atoms with Gasteiger partial charge in [-0.05, 0) is 54.3 Å². The van der Waals surface area contributed by atoms with Crippen LogP contribution >= 0.6 is 0 Å². The van der Waals surface area contributed by atoms with Crippen molar-refractivity contribution in [1.29, 1.82) is 0 Å². The van der Waals surface area contributed by atoms with Crippen molar-refractivity contribution in [2.45, 2.75) is 25.2 Å². The van der Waals surface area contributed by atoms with Gasteiger partial charge in [-0.3, -0.25) is 4.79 Å². The van der Waals surface area contributed by atoms with Crippen molar-refractivity contribution in [2.75, 3.05) is 11.9 Å². The zero-order chi connectivity index (χ0) is 22.0. The van der Waals surface area contributed by atoms with Crippen LogP contribution in [0.5, 0.6) is 5.88 Å². The van der Waals surface area contributed by atoms with E-state index in [1.807, 2.05) is 67.6 Å². The second kappa shape index (κ2) is 8.22. The van der Waals surface area contributed by atoms with Crippen molar-refractivity contribution >= 4 is 11.6 Å². The second-order valence-corrected chi connectivity index (χ2v) is 7.72. The minimum atomic E-state index is -0.453. The number of benzene rings is 2. The highest BCUT2D eigenvalue weighted by Crippen LogP contribution is 2.49. The Morgan fingerprint density at radius 3 is 2.59 bits per heavy atom. The molecule has 0 aliphatic heterocycles. The number of aromatic nitrogens is 5. The molecule has 160 valence electrons. The Morgan fingerprint density at radius 2 is 1.94 bits per heavy atom. The molecule has 2 aromatic heterocycles. The summed E-state index contributed by atoms with van der Waals surface area (Å²) < 4.78 is 5.44. The normalized spacial score (nSPS) is 14.0. The van der Waals surface area contributed by atoms with E-state index >= 15 is 0 Å². The number of aromatic amines is 1. The van der Waals surface area contributed by atoms with Gasteiger partial charge in [-0.1, -0.05) is 36.4 Å². The number of tetrazole rings is 1. The number of rotatable bonds is 7. The fraction of sp³-hybridized carbons (Fsp3) is 0.208. The number of hydrogen-bond acceptors (Lipinski definition) is 6. The van der Waals surface area contributed by atoms with Crippen LogP contribution in [0.15, 0.2) is 66.9 Å². The topological polar surface area (TPSA) is 106 Å². The van der Waals surface area contributed by atoms with Crippen molar-refractivity contribution < 1.29 is 9.53 Å². The van der Waals surface area contributed by atoms with Gasteiger partial charge in [0.2, 0.25) is 17.6 Å². The number of ether oxygens (including phenoxy) is 1. The molecule has 0 unspecified atom stereocenters. The summed E-state index contributed by atoms with van der Waals surface area (Å²) in [6.45, 7) is 2.47. The third-order valence-electron chi connectivity index (χ3n) is 5.71. The van der Waals surface area contributed by atoms with E-state index in [4.69, 9.17) is 4.74 Å². The van der Waals surface area contributed by atoms with Crippen molar-refractivity contribution in [1.82, 2.24) is 25.6 Å². The maximum absolute atomic E-state index is 13.2. The van der Waals surface area contributed by atoms with Crippen LogP contribution in [0.2, 0.25) is 0 Å². The molecule has 0 bridgehead atoms. The zero-order valence-electron chi connectivity index (χ0n) is 17.6. The van der Waals surface area contributed by atoms with Gasteiger partial charge in [0.25, 0.3) is 0 Å². The molecule has 2 N–H and O–H groups in total. The number of hydrogen-bond donors (Lipinski definition) is 2. The van der Waals surface area contributed by atoms with Crippen LogP contribution < -0.4 is 10.1 Å². The van der Waals surface area contributed by atoms with Gasteiger partial charge in [0.15, 0.2) is 0 Å². The highest BCUT2D eigenvalue weighted by molar-refractivity contribution is 6.02. The summed E-state index contributed by atoms with van der Waals surface area (Å²) in [4.78, 5) is 17.5. The maximum atomic E-state index is 13.2. The number of nitrogens with one attached hydrogen (secondary N) is 2. The first-order valence-electron chi connectivity index (χ1n) is 10.5. The van der Waals surface area contributed by atoms with Gasteiger partial charge in [-0.15, -0.1) is 10.2 Å². The van der Waals surface area contributed by atoms with Crippen LogP contribution in [-0.4, -0.2) is 38.1 Å². The number of H-pyrrole nitrogens is 1. The van der Waals surface area contributed by atoms with E-state index in [9.17, 15) is 4.79 Å². The Hall–Kier alpha value is -4.07. The predicted octanol–water partition coefficient (Wildman–Crippen LogP) is 4.00. The van der Waals surface area contributed by atoms with E-state index in [0.29, 0.717) is 24.0 Å². The molecule has 1 fully saturated rings. The SMILES string of the molecule is CCOc1ccc(-c2ccc(NC(=O)C3(c4ccccc4)CC3)cc2-c2nn[nH]n2)cn1. The molecule has 8 heteroatoms. The minimum Gasteiger partial charge on any atom is -0.478 e. The molecule has 0 saturated heterocycles. The van der Waals surface area contributed by atoms with Gasteiger partial charge < -0.3 is 10.1 Å². The van der Waals surface area contributed by atoms with Crippen LogP contribution in [0.4, 0.5) is 5.69 Å². The largest absolute Gasteiger partial charge is 0.478 e. The molecule has 2 heterocycles. The quantitative estimate of drug-likeness (QED) is 0.463. The van der Waals surface area contributed by atoms with Gasteiger partial charge in [-0.2, -0.15) is 5.21 Å². The number of carbonyl (C=O) groups excluding carboxylic acids is 1. The van der Waals surface area contributed by atoms with E-state index < -0.39 is 5.41 Å². The Kier molecular flexibility index (Phi) is 5.10.